The summed E-state index contributed by atoms with van der Waals surface area (Å²) in [7, 11) is 0. The van der Waals surface area contributed by atoms with Crippen molar-refractivity contribution in [3.8, 4) is 0 Å². The molecule has 1 aliphatic rings. The highest BCUT2D eigenvalue weighted by Gasteiger charge is 2.50. The van der Waals surface area contributed by atoms with Crippen molar-refractivity contribution in [2.45, 2.75) is 18.6 Å². The number of imide groups is 1. The Kier molecular flexibility index (Phi) is 6.14. The number of urea groups is 1. The molecule has 0 spiro atoms. The first kappa shape index (κ1) is 23.2. The van der Waals surface area contributed by atoms with Gasteiger partial charge in [0.15, 0.2) is 0 Å². The molecule has 1 atom stereocenters. The zero-order valence-electron chi connectivity index (χ0n) is 15.6. The predicted octanol–water partition coefficient (Wildman–Crippen LogP) is 5.07. The van der Waals surface area contributed by atoms with Crippen LogP contribution in [-0.4, -0.2) is 29.3 Å². The van der Waals surface area contributed by atoms with Gasteiger partial charge in [-0.25, -0.2) is 4.79 Å². The molecule has 31 heavy (non-hydrogen) atoms. The fourth-order valence-electron chi connectivity index (χ4n) is 3.13. The van der Waals surface area contributed by atoms with Crippen LogP contribution in [0.2, 0.25) is 15.1 Å². The van der Waals surface area contributed by atoms with Gasteiger partial charge in [0.2, 0.25) is 5.91 Å². The Hall–Kier alpha value is -2.49. The maximum absolute atomic E-state index is 13.2. The summed E-state index contributed by atoms with van der Waals surface area (Å²) in [5.74, 6) is -1.86. The van der Waals surface area contributed by atoms with Crippen LogP contribution in [0.5, 0.6) is 0 Å². The molecule has 0 bridgehead atoms. The second kappa shape index (κ2) is 8.22. The topological polar surface area (TPSA) is 78.5 Å². The maximum atomic E-state index is 13.2. The van der Waals surface area contributed by atoms with Gasteiger partial charge in [-0.1, -0.05) is 46.9 Å². The molecule has 0 aromatic heterocycles. The van der Waals surface area contributed by atoms with Crippen LogP contribution in [0.3, 0.4) is 0 Å². The van der Waals surface area contributed by atoms with E-state index in [1.54, 1.807) is 0 Å². The number of nitrogens with one attached hydrogen (secondary N) is 2. The van der Waals surface area contributed by atoms with E-state index in [0.717, 1.165) is 12.1 Å². The van der Waals surface area contributed by atoms with Crippen LogP contribution in [0, 0.1) is 0 Å². The van der Waals surface area contributed by atoms with Crippen molar-refractivity contribution in [3.63, 3.8) is 0 Å². The Morgan fingerprint density at radius 1 is 1.13 bits per heavy atom. The van der Waals surface area contributed by atoms with Gasteiger partial charge in [0.25, 0.3) is 5.91 Å². The number of benzene rings is 2. The maximum Gasteiger partial charge on any atom is 0.418 e. The molecule has 1 heterocycles. The average Bonchev–Trinajstić information content (AvgIpc) is 2.86. The third-order valence-electron chi connectivity index (χ3n) is 4.63. The van der Waals surface area contributed by atoms with Gasteiger partial charge in [-0.2, -0.15) is 13.2 Å². The van der Waals surface area contributed by atoms with Crippen LogP contribution in [0.15, 0.2) is 36.4 Å². The van der Waals surface area contributed by atoms with Crippen molar-refractivity contribution in [2.75, 3.05) is 11.9 Å². The minimum atomic E-state index is -4.78. The molecule has 3 rings (SSSR count). The number of carbonyl (C=O) groups is 3. The van der Waals surface area contributed by atoms with E-state index in [0.29, 0.717) is 9.92 Å². The number of alkyl halides is 3. The largest absolute Gasteiger partial charge is 0.418 e. The standard InChI is InChI=1S/C19H13Cl3F3N3O3/c1-18(10-6-5-9(20)7-13(10)22)16(30)28(17(31)27-18)8-14(29)26-15-11(19(23,24)25)3-2-4-12(15)21/h2-7H,8H2,1H3,(H,26,29)(H,27,31). The summed E-state index contributed by atoms with van der Waals surface area (Å²) in [4.78, 5) is 38.3. The number of anilines is 1. The number of hydrogen-bond donors (Lipinski definition) is 2. The van der Waals surface area contributed by atoms with E-state index in [1.807, 2.05) is 5.32 Å². The Morgan fingerprint density at radius 3 is 2.42 bits per heavy atom. The number of carbonyl (C=O) groups excluding carboxylic acids is 3. The summed E-state index contributed by atoms with van der Waals surface area (Å²) < 4.78 is 39.6. The first-order valence-corrected chi connectivity index (χ1v) is 9.73. The molecular weight excluding hydrogens is 482 g/mol. The summed E-state index contributed by atoms with van der Waals surface area (Å²) in [6.07, 6.45) is -4.78. The number of nitrogens with zero attached hydrogens (tertiary/aromatic N) is 1. The third kappa shape index (κ3) is 4.44. The fraction of sp³-hybridized carbons (Fsp3) is 0.211. The van der Waals surface area contributed by atoms with Crippen LogP contribution in [0.4, 0.5) is 23.7 Å². The lowest BCUT2D eigenvalue weighted by atomic mass is 9.92. The molecule has 0 saturated carbocycles. The van der Waals surface area contributed by atoms with Crippen LogP contribution < -0.4 is 10.6 Å². The van der Waals surface area contributed by atoms with Crippen molar-refractivity contribution in [1.82, 2.24) is 10.2 Å². The first-order valence-electron chi connectivity index (χ1n) is 8.60. The Bertz CT molecular complexity index is 1090. The third-order valence-corrected chi connectivity index (χ3v) is 5.49. The quantitative estimate of drug-likeness (QED) is 0.583. The summed E-state index contributed by atoms with van der Waals surface area (Å²) >= 11 is 17.8. The minimum Gasteiger partial charge on any atom is -0.323 e. The lowest BCUT2D eigenvalue weighted by Gasteiger charge is -2.23. The van der Waals surface area contributed by atoms with E-state index in [2.05, 4.69) is 5.32 Å². The molecule has 1 unspecified atom stereocenters. The Labute approximate surface area is 189 Å². The van der Waals surface area contributed by atoms with E-state index < -0.39 is 47.4 Å². The fourth-order valence-corrected chi connectivity index (χ4v) is 3.95. The predicted molar refractivity (Wildman–Crippen MR) is 109 cm³/mol. The van der Waals surface area contributed by atoms with Crippen molar-refractivity contribution in [3.05, 3.63) is 62.6 Å². The van der Waals surface area contributed by atoms with Crippen LogP contribution in [0.1, 0.15) is 18.1 Å². The van der Waals surface area contributed by atoms with Gasteiger partial charge in [-0.3, -0.25) is 14.5 Å². The zero-order valence-corrected chi connectivity index (χ0v) is 17.9. The number of para-hydroxylation sites is 1. The van der Waals surface area contributed by atoms with E-state index in [-0.39, 0.29) is 15.6 Å². The molecule has 1 saturated heterocycles. The highest BCUT2D eigenvalue weighted by Crippen LogP contribution is 2.39. The van der Waals surface area contributed by atoms with E-state index in [4.69, 9.17) is 34.8 Å². The summed E-state index contributed by atoms with van der Waals surface area (Å²) in [5, 5.41) is 4.55. The highest BCUT2D eigenvalue weighted by molar-refractivity contribution is 6.35. The lowest BCUT2D eigenvalue weighted by Crippen LogP contribution is -2.42. The van der Waals surface area contributed by atoms with Gasteiger partial charge in [0.1, 0.15) is 12.1 Å². The Balaban J connectivity index is 1.84. The molecule has 2 aromatic rings. The van der Waals surface area contributed by atoms with Crippen molar-refractivity contribution in [2.24, 2.45) is 0 Å². The average molecular weight is 495 g/mol. The van der Waals surface area contributed by atoms with Gasteiger partial charge >= 0.3 is 12.2 Å². The summed E-state index contributed by atoms with van der Waals surface area (Å²) in [6, 6.07) is 6.39. The number of halogens is 6. The SMILES string of the molecule is CC1(c2ccc(Cl)cc2Cl)NC(=O)N(CC(=O)Nc2c(Cl)cccc2C(F)(F)F)C1=O. The van der Waals surface area contributed by atoms with Crippen LogP contribution in [0.25, 0.3) is 0 Å². The number of hydrogen-bond acceptors (Lipinski definition) is 3. The monoisotopic (exact) mass is 493 g/mol. The summed E-state index contributed by atoms with van der Waals surface area (Å²) in [5.41, 5.74) is -3.19. The molecular formula is C19H13Cl3F3N3O3. The highest BCUT2D eigenvalue weighted by atomic mass is 35.5. The van der Waals surface area contributed by atoms with Crippen molar-refractivity contribution < 1.29 is 27.6 Å². The molecule has 1 fully saturated rings. The van der Waals surface area contributed by atoms with Gasteiger partial charge in [-0.15, -0.1) is 0 Å². The second-order valence-electron chi connectivity index (χ2n) is 6.78. The second-order valence-corrected chi connectivity index (χ2v) is 8.03. The number of rotatable bonds is 4. The van der Waals surface area contributed by atoms with Crippen molar-refractivity contribution in [1.29, 1.82) is 0 Å². The van der Waals surface area contributed by atoms with Gasteiger partial charge < -0.3 is 10.6 Å². The van der Waals surface area contributed by atoms with Gasteiger partial charge in [0.05, 0.1) is 16.3 Å². The van der Waals surface area contributed by atoms with E-state index >= 15 is 0 Å². The molecule has 2 N–H and O–H groups in total. The van der Waals surface area contributed by atoms with Crippen LogP contribution in [-0.2, 0) is 21.3 Å². The molecule has 0 aliphatic carbocycles. The van der Waals surface area contributed by atoms with Crippen molar-refractivity contribution >= 4 is 58.3 Å². The molecule has 12 heteroatoms. The normalized spacial score (nSPS) is 18.9. The van der Waals surface area contributed by atoms with Crippen LogP contribution >= 0.6 is 34.8 Å². The molecule has 1 aliphatic heterocycles. The molecule has 2 aromatic carbocycles. The molecule has 4 amide bonds. The lowest BCUT2D eigenvalue weighted by molar-refractivity contribution is -0.137. The minimum absolute atomic E-state index is 0.112. The van der Waals surface area contributed by atoms with Gasteiger partial charge in [-0.05, 0) is 31.2 Å². The molecule has 0 radical (unpaired) electrons. The van der Waals surface area contributed by atoms with E-state index in [9.17, 15) is 27.6 Å². The van der Waals surface area contributed by atoms with E-state index in [1.165, 1.54) is 31.2 Å². The Morgan fingerprint density at radius 2 is 1.81 bits per heavy atom. The molecule has 6 nitrogen and oxygen atoms in total. The summed E-state index contributed by atoms with van der Waals surface area (Å²) in [6.45, 7) is 0.546. The zero-order chi connectivity index (χ0) is 23.1. The molecule has 164 valence electrons. The first-order chi connectivity index (χ1) is 14.3. The smallest absolute Gasteiger partial charge is 0.323 e. The number of amides is 4. The van der Waals surface area contributed by atoms with Gasteiger partial charge in [0, 0.05) is 15.6 Å².